The number of hydrogen-bond donors (Lipinski definition) is 3. The number of hydrogen-bond acceptors (Lipinski definition) is 8. The fraction of sp³-hybridized carbons (Fsp3) is 0.500. The number of aliphatic hydroxyl groups is 1. The van der Waals surface area contributed by atoms with Crippen molar-refractivity contribution in [2.75, 3.05) is 43.0 Å². The molecule has 1 aromatic carbocycles. The number of aromatic nitrogens is 2. The quantitative estimate of drug-likeness (QED) is 0.535. The molecule has 2 aliphatic heterocycles. The molecule has 0 aliphatic carbocycles. The highest BCUT2D eigenvalue weighted by Gasteiger charge is 2.31. The number of aliphatic hydroxyl groups excluding tert-OH is 1. The average Bonchev–Trinajstić information content (AvgIpc) is 2.79. The number of cyclic esters (lactones) is 1. The predicted octanol–water partition coefficient (Wildman–Crippen LogP) is 2.74. The normalized spacial score (nSPS) is 17.7. The Bertz CT molecular complexity index is 912. The monoisotopic (exact) mass is 498 g/mol. The topological polar surface area (TPSA) is 103 Å². The third-order valence-electron chi connectivity index (χ3n) is 5.76. The largest absolute Gasteiger partial charge is 0.444 e. The van der Waals surface area contributed by atoms with Crippen LogP contribution in [0.15, 0.2) is 30.5 Å². The molecule has 2 aliphatic rings. The van der Waals surface area contributed by atoms with Crippen LogP contribution in [0.2, 0.25) is 0 Å². The van der Waals surface area contributed by atoms with E-state index < -0.39 is 12.1 Å². The van der Waals surface area contributed by atoms with Crippen LogP contribution in [0.1, 0.15) is 36.6 Å². The number of halogens is 2. The van der Waals surface area contributed by atoms with Crippen molar-refractivity contribution < 1.29 is 14.6 Å². The summed E-state index contributed by atoms with van der Waals surface area (Å²) in [7, 11) is 0. The van der Waals surface area contributed by atoms with Gasteiger partial charge in [-0.25, -0.2) is 9.78 Å². The second-order valence-corrected chi connectivity index (χ2v) is 8.13. The summed E-state index contributed by atoms with van der Waals surface area (Å²) in [6.07, 6.45) is 1.16. The molecule has 3 N–H and O–H groups in total. The molecule has 0 radical (unpaired) electrons. The Hall–Kier alpha value is -2.17. The summed E-state index contributed by atoms with van der Waals surface area (Å²) in [6, 6.07) is 8.16. The molecule has 1 amide bonds. The molecule has 1 saturated heterocycles. The Balaban J connectivity index is 0.00000193. The molecule has 9 nitrogen and oxygen atoms in total. The van der Waals surface area contributed by atoms with Gasteiger partial charge in [-0.3, -0.25) is 9.80 Å². The zero-order valence-corrected chi connectivity index (χ0v) is 20.5. The molecule has 182 valence electrons. The van der Waals surface area contributed by atoms with Crippen molar-refractivity contribution in [1.29, 1.82) is 0 Å². The van der Waals surface area contributed by atoms with E-state index >= 15 is 0 Å². The van der Waals surface area contributed by atoms with E-state index in [1.54, 1.807) is 13.1 Å². The molecule has 1 fully saturated rings. The van der Waals surface area contributed by atoms with Crippen molar-refractivity contribution in [3.05, 3.63) is 47.2 Å². The van der Waals surface area contributed by atoms with Crippen LogP contribution in [0, 0.1) is 0 Å². The van der Waals surface area contributed by atoms with Gasteiger partial charge in [0.25, 0.3) is 0 Å². The molecule has 3 heterocycles. The number of amides is 1. The number of carbonyl (C=O) groups is 1. The Morgan fingerprint density at radius 2 is 1.88 bits per heavy atom. The molecule has 11 heteroatoms. The number of nitrogens with one attached hydrogen (secondary N) is 2. The molecule has 1 aromatic heterocycles. The summed E-state index contributed by atoms with van der Waals surface area (Å²) >= 11 is 0. The summed E-state index contributed by atoms with van der Waals surface area (Å²) < 4.78 is 5.16. The van der Waals surface area contributed by atoms with Crippen LogP contribution in [0.3, 0.4) is 0 Å². The van der Waals surface area contributed by atoms with Crippen molar-refractivity contribution in [2.45, 2.75) is 39.1 Å². The number of ether oxygens (including phenoxy) is 1. The third kappa shape index (κ3) is 6.45. The highest BCUT2D eigenvalue weighted by molar-refractivity contribution is 5.89. The van der Waals surface area contributed by atoms with E-state index in [1.807, 2.05) is 0 Å². The van der Waals surface area contributed by atoms with Gasteiger partial charge in [0, 0.05) is 38.9 Å². The molecule has 0 saturated carbocycles. The Labute approximate surface area is 206 Å². The maximum Gasteiger partial charge on any atom is 0.416 e. The summed E-state index contributed by atoms with van der Waals surface area (Å²) in [5.74, 6) is 0.912. The smallest absolute Gasteiger partial charge is 0.416 e. The van der Waals surface area contributed by atoms with Crippen LogP contribution in [0.4, 0.5) is 16.6 Å². The van der Waals surface area contributed by atoms with E-state index in [1.165, 1.54) is 10.5 Å². The molecule has 4 rings (SSSR count). The lowest BCUT2D eigenvalue weighted by Gasteiger charge is -2.31. The first-order valence-electron chi connectivity index (χ1n) is 10.8. The zero-order valence-electron chi connectivity index (χ0n) is 18.9. The number of rotatable bonds is 7. The van der Waals surface area contributed by atoms with Crippen molar-refractivity contribution in [3.8, 4) is 0 Å². The van der Waals surface area contributed by atoms with Gasteiger partial charge in [-0.1, -0.05) is 24.3 Å². The first kappa shape index (κ1) is 27.1. The van der Waals surface area contributed by atoms with E-state index in [-0.39, 0.29) is 44.1 Å². The third-order valence-corrected chi connectivity index (χ3v) is 5.76. The van der Waals surface area contributed by atoms with Crippen LogP contribution in [-0.2, 0) is 17.9 Å². The van der Waals surface area contributed by atoms with E-state index in [0.29, 0.717) is 11.8 Å². The van der Waals surface area contributed by atoms with Crippen molar-refractivity contribution >= 4 is 42.7 Å². The van der Waals surface area contributed by atoms with Gasteiger partial charge in [0.1, 0.15) is 6.61 Å². The van der Waals surface area contributed by atoms with Gasteiger partial charge in [-0.05, 0) is 25.0 Å². The van der Waals surface area contributed by atoms with E-state index in [9.17, 15) is 9.90 Å². The van der Waals surface area contributed by atoms with Gasteiger partial charge < -0.3 is 20.5 Å². The zero-order chi connectivity index (χ0) is 21.8. The van der Waals surface area contributed by atoms with Crippen molar-refractivity contribution in [1.82, 2.24) is 20.2 Å². The van der Waals surface area contributed by atoms with Gasteiger partial charge in [0.05, 0.1) is 24.3 Å². The number of fused-ring (bicyclic) bond motifs is 1. The van der Waals surface area contributed by atoms with Gasteiger partial charge in [-0.15, -0.1) is 24.8 Å². The second-order valence-electron chi connectivity index (χ2n) is 8.13. The molecule has 2 atom stereocenters. The molecule has 0 spiro atoms. The summed E-state index contributed by atoms with van der Waals surface area (Å²) in [4.78, 5) is 25.0. The molecule has 33 heavy (non-hydrogen) atoms. The SMILES string of the molecule is CC(Nc1ncc2c(n1)N(C(C)CO)C(=O)OC2)c1ccc(CN2CCNCC2)cc1.Cl.Cl. The summed E-state index contributed by atoms with van der Waals surface area (Å²) in [5.41, 5.74) is 3.15. The number of piperazine rings is 1. The second kappa shape index (κ2) is 12.3. The van der Waals surface area contributed by atoms with Gasteiger partial charge >= 0.3 is 6.09 Å². The van der Waals surface area contributed by atoms with E-state index in [4.69, 9.17) is 4.74 Å². The lowest BCUT2D eigenvalue weighted by molar-refractivity contribution is 0.134. The van der Waals surface area contributed by atoms with Crippen LogP contribution < -0.4 is 15.5 Å². The minimum Gasteiger partial charge on any atom is -0.444 e. The van der Waals surface area contributed by atoms with Crippen LogP contribution >= 0.6 is 24.8 Å². The van der Waals surface area contributed by atoms with E-state index in [2.05, 4.69) is 56.7 Å². The number of carbonyl (C=O) groups excluding carboxylic acids is 1. The number of benzene rings is 1. The maximum atomic E-state index is 12.2. The molecule has 0 bridgehead atoms. The van der Waals surface area contributed by atoms with Crippen molar-refractivity contribution in [2.24, 2.45) is 0 Å². The standard InChI is InChI=1S/C22H30N6O3.2ClH/c1-15(13-29)28-20-19(14-31-22(28)30)11-24-21(26-20)25-16(2)18-5-3-17(4-6-18)12-27-9-7-23-8-10-27;;/h3-6,11,15-16,23,29H,7-10,12-14H2,1-2H3,(H,24,25,26);2*1H. The average molecular weight is 499 g/mol. The first-order valence-corrected chi connectivity index (χ1v) is 10.8. The number of nitrogens with zero attached hydrogens (tertiary/aromatic N) is 4. The van der Waals surface area contributed by atoms with E-state index in [0.717, 1.165) is 43.9 Å². The van der Waals surface area contributed by atoms with Crippen LogP contribution in [0.5, 0.6) is 0 Å². The van der Waals surface area contributed by atoms with Crippen molar-refractivity contribution in [3.63, 3.8) is 0 Å². The Morgan fingerprint density at radius 3 is 2.55 bits per heavy atom. The molecule has 2 aromatic rings. The molecular formula is C22H32Cl2N6O3. The van der Waals surface area contributed by atoms with Gasteiger partial charge in [0.2, 0.25) is 5.95 Å². The summed E-state index contributed by atoms with van der Waals surface area (Å²) in [6.45, 7) is 8.96. The highest BCUT2D eigenvalue weighted by Crippen LogP contribution is 2.28. The lowest BCUT2D eigenvalue weighted by Crippen LogP contribution is -2.44. The minimum atomic E-state index is -0.508. The minimum absolute atomic E-state index is 0. The predicted molar refractivity (Wildman–Crippen MR) is 132 cm³/mol. The number of anilines is 2. The van der Waals surface area contributed by atoms with Crippen LogP contribution in [-0.4, -0.2) is 64.9 Å². The van der Waals surface area contributed by atoms with Gasteiger partial charge in [-0.2, -0.15) is 4.98 Å². The Kier molecular flexibility index (Phi) is 10.1. The fourth-order valence-electron chi connectivity index (χ4n) is 3.86. The lowest BCUT2D eigenvalue weighted by atomic mass is 10.1. The fourth-order valence-corrected chi connectivity index (χ4v) is 3.86. The first-order chi connectivity index (χ1) is 15.0. The van der Waals surface area contributed by atoms with Crippen LogP contribution in [0.25, 0.3) is 0 Å². The maximum absolute atomic E-state index is 12.2. The summed E-state index contributed by atoms with van der Waals surface area (Å²) in [5, 5.41) is 16.2. The molecule has 2 unspecified atom stereocenters. The Morgan fingerprint density at radius 1 is 1.18 bits per heavy atom. The van der Waals surface area contributed by atoms with Gasteiger partial charge in [0.15, 0.2) is 5.82 Å². The highest BCUT2D eigenvalue weighted by atomic mass is 35.5. The molecular weight excluding hydrogens is 467 g/mol.